The molecular formula is C25H31N3O3. The second kappa shape index (κ2) is 8.09. The summed E-state index contributed by atoms with van der Waals surface area (Å²) in [6, 6.07) is 14.6. The van der Waals surface area contributed by atoms with E-state index in [2.05, 4.69) is 58.7 Å². The topological polar surface area (TPSA) is 46.2 Å². The van der Waals surface area contributed by atoms with Crippen molar-refractivity contribution >= 4 is 5.70 Å². The van der Waals surface area contributed by atoms with Gasteiger partial charge in [0.1, 0.15) is 5.75 Å². The molecule has 0 amide bonds. The number of ether oxygens (including phenoxy) is 3. The highest BCUT2D eigenvalue weighted by atomic mass is 16.5. The number of benzene rings is 2. The van der Waals surface area contributed by atoms with Crippen molar-refractivity contribution < 1.29 is 14.2 Å². The average Bonchev–Trinajstić information content (AvgIpc) is 3.27. The van der Waals surface area contributed by atoms with E-state index >= 15 is 0 Å². The van der Waals surface area contributed by atoms with Gasteiger partial charge in [-0.25, -0.2) is 0 Å². The lowest BCUT2D eigenvalue weighted by Crippen LogP contribution is -2.63. The number of fused-ring (bicyclic) bond motifs is 4. The minimum absolute atomic E-state index is 0.130. The van der Waals surface area contributed by atoms with Crippen LogP contribution in [0.4, 0.5) is 0 Å². The molecular weight excluding hydrogens is 390 g/mol. The molecule has 1 spiro atoms. The van der Waals surface area contributed by atoms with Crippen LogP contribution in [-0.4, -0.2) is 49.5 Å². The summed E-state index contributed by atoms with van der Waals surface area (Å²) >= 11 is 0. The average molecular weight is 422 g/mol. The monoisotopic (exact) mass is 421 g/mol. The zero-order valence-electron chi connectivity index (χ0n) is 18.6. The maximum absolute atomic E-state index is 6.73. The van der Waals surface area contributed by atoms with Crippen molar-refractivity contribution in [2.45, 2.75) is 38.0 Å². The highest BCUT2D eigenvalue weighted by Gasteiger charge is 2.51. The van der Waals surface area contributed by atoms with Gasteiger partial charge in [0.05, 0.1) is 26.0 Å². The van der Waals surface area contributed by atoms with Crippen molar-refractivity contribution in [2.75, 3.05) is 33.9 Å². The number of likely N-dealkylation sites (tertiary alicyclic amines) is 1. The number of rotatable bonds is 5. The molecule has 2 aromatic carbocycles. The van der Waals surface area contributed by atoms with Gasteiger partial charge in [-0.3, -0.25) is 0 Å². The van der Waals surface area contributed by atoms with Crippen LogP contribution in [0.1, 0.15) is 43.4 Å². The number of nitrogens with zero attached hydrogens (tertiary/aromatic N) is 2. The van der Waals surface area contributed by atoms with Crippen LogP contribution in [0.3, 0.4) is 0 Å². The van der Waals surface area contributed by atoms with Crippen LogP contribution in [0.15, 0.2) is 48.5 Å². The molecule has 31 heavy (non-hydrogen) atoms. The maximum Gasteiger partial charge on any atom is 0.182 e. The molecule has 5 rings (SSSR count). The van der Waals surface area contributed by atoms with Crippen LogP contribution < -0.4 is 19.6 Å². The first kappa shape index (κ1) is 20.2. The van der Waals surface area contributed by atoms with Crippen molar-refractivity contribution in [2.24, 2.45) is 0 Å². The normalized spacial score (nSPS) is 22.2. The molecule has 0 saturated carbocycles. The van der Waals surface area contributed by atoms with Gasteiger partial charge in [-0.2, -0.15) is 5.01 Å². The number of hydrogen-bond acceptors (Lipinski definition) is 6. The summed E-state index contributed by atoms with van der Waals surface area (Å²) in [6.07, 6.45) is 5.44. The zero-order valence-corrected chi connectivity index (χ0v) is 18.6. The third-order valence-electron chi connectivity index (χ3n) is 6.69. The quantitative estimate of drug-likeness (QED) is 0.781. The van der Waals surface area contributed by atoms with E-state index < -0.39 is 0 Å². The van der Waals surface area contributed by atoms with E-state index in [1.54, 1.807) is 14.2 Å². The molecule has 1 fully saturated rings. The summed E-state index contributed by atoms with van der Waals surface area (Å²) in [5.74, 6) is 2.46. The summed E-state index contributed by atoms with van der Waals surface area (Å²) in [7, 11) is 3.33. The van der Waals surface area contributed by atoms with Gasteiger partial charge in [-0.15, -0.1) is 0 Å². The lowest BCUT2D eigenvalue weighted by molar-refractivity contribution is -0.159. The highest BCUT2D eigenvalue weighted by molar-refractivity contribution is 5.70. The van der Waals surface area contributed by atoms with E-state index in [1.165, 1.54) is 12.0 Å². The molecule has 2 aromatic rings. The summed E-state index contributed by atoms with van der Waals surface area (Å²) in [4.78, 5) is 2.54. The Morgan fingerprint density at radius 1 is 1.06 bits per heavy atom. The minimum Gasteiger partial charge on any atom is -0.493 e. The van der Waals surface area contributed by atoms with Gasteiger partial charge < -0.3 is 24.5 Å². The standard InChI is InChI=1S/C25H31N3O3/c1-4-13-27-14-11-25(12-15-27)28-21(19-7-5-6-8-22(19)31-25)17-20(26-28)18-9-10-23(29-2)24(16-18)30-3/h5-10,16-17,21,26H,4,11-15H2,1-3H3/t21-/m1/s1. The maximum atomic E-state index is 6.73. The molecule has 0 radical (unpaired) electrons. The Hall–Kier alpha value is -2.70. The van der Waals surface area contributed by atoms with Gasteiger partial charge in [0.15, 0.2) is 17.2 Å². The van der Waals surface area contributed by atoms with Gasteiger partial charge in [0.2, 0.25) is 0 Å². The smallest absolute Gasteiger partial charge is 0.182 e. The van der Waals surface area contributed by atoms with Gasteiger partial charge in [0, 0.05) is 37.1 Å². The first-order valence-electron chi connectivity index (χ1n) is 11.2. The molecule has 1 saturated heterocycles. The van der Waals surface area contributed by atoms with E-state index in [0.717, 1.165) is 61.0 Å². The number of nitrogens with one attached hydrogen (secondary N) is 1. The van der Waals surface area contributed by atoms with Gasteiger partial charge in [-0.05, 0) is 43.3 Å². The molecule has 164 valence electrons. The van der Waals surface area contributed by atoms with Crippen LogP contribution in [-0.2, 0) is 0 Å². The predicted molar refractivity (Wildman–Crippen MR) is 121 cm³/mol. The fourth-order valence-electron chi connectivity index (χ4n) is 5.07. The molecule has 0 bridgehead atoms. The van der Waals surface area contributed by atoms with Gasteiger partial charge >= 0.3 is 0 Å². The molecule has 6 nitrogen and oxygen atoms in total. The molecule has 1 N–H and O–H groups in total. The molecule has 3 heterocycles. The Morgan fingerprint density at radius 3 is 2.58 bits per heavy atom. The van der Waals surface area contributed by atoms with Crippen LogP contribution in [0.2, 0.25) is 0 Å². The molecule has 0 unspecified atom stereocenters. The summed E-state index contributed by atoms with van der Waals surface area (Å²) in [5, 5.41) is 2.34. The van der Waals surface area contributed by atoms with Crippen molar-refractivity contribution in [1.29, 1.82) is 0 Å². The van der Waals surface area contributed by atoms with E-state index in [0.29, 0.717) is 0 Å². The summed E-state index contributed by atoms with van der Waals surface area (Å²) < 4.78 is 17.7. The van der Waals surface area contributed by atoms with E-state index in [9.17, 15) is 0 Å². The first-order valence-corrected chi connectivity index (χ1v) is 11.2. The highest BCUT2D eigenvalue weighted by Crippen LogP contribution is 2.48. The molecule has 1 atom stereocenters. The minimum atomic E-state index is -0.349. The number of methoxy groups -OCH3 is 2. The molecule has 3 aliphatic heterocycles. The zero-order chi connectivity index (χ0) is 21.4. The molecule has 3 aliphatic rings. The lowest BCUT2D eigenvalue weighted by atomic mass is 9.92. The Balaban J connectivity index is 1.49. The van der Waals surface area contributed by atoms with Gasteiger partial charge in [-0.1, -0.05) is 25.1 Å². The number of hydrazine groups is 1. The lowest BCUT2D eigenvalue weighted by Gasteiger charge is -2.51. The Morgan fingerprint density at radius 2 is 1.84 bits per heavy atom. The summed E-state index contributed by atoms with van der Waals surface area (Å²) in [5.41, 5.74) is 6.70. The van der Waals surface area contributed by atoms with E-state index in [4.69, 9.17) is 14.2 Å². The summed E-state index contributed by atoms with van der Waals surface area (Å²) in [6.45, 7) is 5.49. The number of para-hydroxylation sites is 1. The van der Waals surface area contributed by atoms with Crippen molar-refractivity contribution in [3.8, 4) is 17.2 Å². The van der Waals surface area contributed by atoms with Crippen molar-refractivity contribution in [1.82, 2.24) is 15.3 Å². The van der Waals surface area contributed by atoms with Crippen molar-refractivity contribution in [3.63, 3.8) is 0 Å². The Bertz CT molecular complexity index is 982. The van der Waals surface area contributed by atoms with Crippen LogP contribution in [0, 0.1) is 0 Å². The predicted octanol–water partition coefficient (Wildman–Crippen LogP) is 4.20. The molecule has 0 aromatic heterocycles. The third kappa shape index (κ3) is 3.44. The molecule has 0 aliphatic carbocycles. The van der Waals surface area contributed by atoms with Crippen LogP contribution in [0.5, 0.6) is 17.2 Å². The Labute approximate surface area is 184 Å². The Kier molecular flexibility index (Phi) is 5.28. The number of hydrogen-bond donors (Lipinski definition) is 1. The second-order valence-corrected chi connectivity index (χ2v) is 8.50. The second-order valence-electron chi connectivity index (χ2n) is 8.50. The first-order chi connectivity index (χ1) is 15.2. The molecule has 6 heteroatoms. The SMILES string of the molecule is CCCN1CCC2(CC1)Oc1ccccc1[C@H]1C=C(c3ccc(OC)c(OC)c3)NN12. The van der Waals surface area contributed by atoms with E-state index in [-0.39, 0.29) is 11.8 Å². The van der Waals surface area contributed by atoms with E-state index in [1.807, 2.05) is 12.1 Å². The third-order valence-corrected chi connectivity index (χ3v) is 6.69. The largest absolute Gasteiger partial charge is 0.493 e. The van der Waals surface area contributed by atoms with Crippen LogP contribution >= 0.6 is 0 Å². The fraction of sp³-hybridized carbons (Fsp3) is 0.440. The van der Waals surface area contributed by atoms with Crippen LogP contribution in [0.25, 0.3) is 5.70 Å². The van der Waals surface area contributed by atoms with Gasteiger partial charge in [0.25, 0.3) is 0 Å². The fourth-order valence-corrected chi connectivity index (χ4v) is 5.07. The number of piperidine rings is 1. The van der Waals surface area contributed by atoms with Crippen molar-refractivity contribution in [3.05, 3.63) is 59.7 Å².